The van der Waals surface area contributed by atoms with Gasteiger partial charge in [0.05, 0.1) is 11.6 Å². The molecule has 0 aliphatic rings. The van der Waals surface area contributed by atoms with Gasteiger partial charge in [-0.1, -0.05) is 48.5 Å². The van der Waals surface area contributed by atoms with E-state index in [4.69, 9.17) is 4.74 Å². The normalized spacial score (nSPS) is 12.3. The maximum absolute atomic E-state index is 13.5. The SMILES string of the molecule is Cc1c(C)n(Cc2ccc(-c3ccccc3C(=O)OC(C)(C)C)cc2)c2cccc(C(=O)N[C@@H](C)c3ccnc(Br)c3)c12. The van der Waals surface area contributed by atoms with Gasteiger partial charge in [0.1, 0.15) is 10.2 Å². The molecule has 0 fully saturated rings. The van der Waals surface area contributed by atoms with Gasteiger partial charge < -0.3 is 14.6 Å². The van der Waals surface area contributed by atoms with Gasteiger partial charge in [-0.05, 0) is 116 Å². The molecule has 1 atom stereocenters. The molecule has 1 amide bonds. The number of pyridine rings is 1. The molecule has 0 saturated carbocycles. The van der Waals surface area contributed by atoms with Gasteiger partial charge in [0.2, 0.25) is 0 Å². The van der Waals surface area contributed by atoms with Crippen LogP contribution in [0.5, 0.6) is 0 Å². The zero-order valence-electron chi connectivity index (χ0n) is 25.4. The van der Waals surface area contributed by atoms with Crippen LogP contribution in [-0.2, 0) is 11.3 Å². The quantitative estimate of drug-likeness (QED) is 0.143. The Hall–Kier alpha value is -4.23. The smallest absolute Gasteiger partial charge is 0.339 e. The number of esters is 1. The largest absolute Gasteiger partial charge is 0.456 e. The highest BCUT2D eigenvalue weighted by atomic mass is 79.9. The second-order valence-corrected chi connectivity index (χ2v) is 12.7. The minimum atomic E-state index is -0.570. The maximum atomic E-state index is 13.5. The van der Waals surface area contributed by atoms with Crippen LogP contribution in [0.4, 0.5) is 0 Å². The molecular formula is C36H36BrN3O3. The van der Waals surface area contributed by atoms with Crippen LogP contribution >= 0.6 is 15.9 Å². The zero-order chi connectivity index (χ0) is 30.9. The lowest BCUT2D eigenvalue weighted by Gasteiger charge is -2.20. The van der Waals surface area contributed by atoms with Gasteiger partial charge in [-0.3, -0.25) is 4.79 Å². The van der Waals surface area contributed by atoms with E-state index in [1.54, 1.807) is 12.3 Å². The summed E-state index contributed by atoms with van der Waals surface area (Å²) in [5.41, 5.74) is 7.73. The van der Waals surface area contributed by atoms with Crippen LogP contribution in [0.3, 0.4) is 0 Å². The average molecular weight is 639 g/mol. The number of amides is 1. The first-order valence-electron chi connectivity index (χ1n) is 14.4. The Kier molecular flexibility index (Phi) is 8.56. The van der Waals surface area contributed by atoms with Gasteiger partial charge >= 0.3 is 5.97 Å². The summed E-state index contributed by atoms with van der Waals surface area (Å²) in [6.45, 7) is 12.4. The highest BCUT2D eigenvalue weighted by molar-refractivity contribution is 9.10. The number of aryl methyl sites for hydroxylation is 1. The minimum absolute atomic E-state index is 0.112. The van der Waals surface area contributed by atoms with Gasteiger partial charge in [0, 0.05) is 34.9 Å². The van der Waals surface area contributed by atoms with Crippen molar-refractivity contribution >= 4 is 38.7 Å². The van der Waals surface area contributed by atoms with Crippen LogP contribution < -0.4 is 5.32 Å². The molecule has 1 N–H and O–H groups in total. The number of hydrogen-bond donors (Lipinski definition) is 1. The van der Waals surface area contributed by atoms with Crippen molar-refractivity contribution in [2.45, 2.75) is 59.7 Å². The van der Waals surface area contributed by atoms with Gasteiger partial charge in [0.25, 0.3) is 5.91 Å². The van der Waals surface area contributed by atoms with Crippen LogP contribution in [0.25, 0.3) is 22.0 Å². The first-order chi connectivity index (χ1) is 20.4. The standard InChI is InChI=1S/C36H36BrN3O3/c1-22-24(3)40(31-13-9-12-30(33(22)31)34(41)39-23(2)27-18-19-38-32(37)20-27)21-25-14-16-26(17-15-25)28-10-7-8-11-29(28)35(42)43-36(4,5)6/h7-20,23H,21H2,1-6H3,(H,39,41)/t23-/m0/s1. The van der Waals surface area contributed by atoms with E-state index in [-0.39, 0.29) is 17.9 Å². The third-order valence-corrected chi connectivity index (χ3v) is 8.08. The molecule has 0 saturated heterocycles. The Balaban J connectivity index is 1.41. The lowest BCUT2D eigenvalue weighted by Crippen LogP contribution is -2.26. The van der Waals surface area contributed by atoms with Crippen molar-refractivity contribution in [3.63, 3.8) is 0 Å². The van der Waals surface area contributed by atoms with Crippen LogP contribution in [-0.4, -0.2) is 27.0 Å². The summed E-state index contributed by atoms with van der Waals surface area (Å²) in [6.07, 6.45) is 1.72. The van der Waals surface area contributed by atoms with Crippen molar-refractivity contribution in [3.8, 4) is 11.1 Å². The second-order valence-electron chi connectivity index (χ2n) is 11.8. The molecule has 6 nitrogen and oxygen atoms in total. The van der Waals surface area contributed by atoms with Crippen molar-refractivity contribution in [1.82, 2.24) is 14.9 Å². The Morgan fingerprint density at radius 1 is 0.953 bits per heavy atom. The van der Waals surface area contributed by atoms with Crippen molar-refractivity contribution in [2.24, 2.45) is 0 Å². The first-order valence-corrected chi connectivity index (χ1v) is 15.1. The first kappa shape index (κ1) is 30.2. The van der Waals surface area contributed by atoms with Gasteiger partial charge in [0.15, 0.2) is 0 Å². The molecule has 2 heterocycles. The molecule has 0 bridgehead atoms. The molecule has 0 unspecified atom stereocenters. The Morgan fingerprint density at radius 2 is 1.65 bits per heavy atom. The van der Waals surface area contributed by atoms with Crippen LogP contribution in [0.15, 0.2) is 89.7 Å². The van der Waals surface area contributed by atoms with E-state index < -0.39 is 5.60 Å². The number of halogens is 1. The van der Waals surface area contributed by atoms with Gasteiger partial charge in [-0.25, -0.2) is 9.78 Å². The van der Waals surface area contributed by atoms with Gasteiger partial charge in [-0.15, -0.1) is 0 Å². The van der Waals surface area contributed by atoms with Gasteiger partial charge in [-0.2, -0.15) is 0 Å². The number of aromatic nitrogens is 2. The highest BCUT2D eigenvalue weighted by Gasteiger charge is 2.22. The Morgan fingerprint density at radius 3 is 2.35 bits per heavy atom. The van der Waals surface area contributed by atoms with E-state index >= 15 is 0 Å². The van der Waals surface area contributed by atoms with Crippen LogP contribution in [0, 0.1) is 13.8 Å². The number of benzene rings is 3. The molecule has 5 aromatic rings. The molecule has 7 heteroatoms. The number of carbonyl (C=O) groups is 2. The number of fused-ring (bicyclic) bond motifs is 1. The van der Waals surface area contributed by atoms with Crippen molar-refractivity contribution in [2.75, 3.05) is 0 Å². The molecule has 43 heavy (non-hydrogen) atoms. The predicted octanol–water partition coefficient (Wildman–Crippen LogP) is 8.58. The lowest BCUT2D eigenvalue weighted by atomic mass is 9.98. The van der Waals surface area contributed by atoms with E-state index in [9.17, 15) is 9.59 Å². The van der Waals surface area contributed by atoms with E-state index in [0.717, 1.165) is 49.0 Å². The number of ether oxygens (including phenoxy) is 1. The summed E-state index contributed by atoms with van der Waals surface area (Å²) in [4.78, 5) is 30.6. The van der Waals surface area contributed by atoms with E-state index in [1.807, 2.05) is 82.3 Å². The Bertz CT molecular complexity index is 1820. The summed E-state index contributed by atoms with van der Waals surface area (Å²) in [5, 5.41) is 4.12. The third-order valence-electron chi connectivity index (χ3n) is 7.65. The summed E-state index contributed by atoms with van der Waals surface area (Å²) in [5.74, 6) is -0.445. The fourth-order valence-electron chi connectivity index (χ4n) is 5.38. The van der Waals surface area contributed by atoms with E-state index in [1.165, 1.54) is 0 Å². The number of hydrogen-bond acceptors (Lipinski definition) is 4. The van der Waals surface area contributed by atoms with Crippen molar-refractivity contribution in [3.05, 3.63) is 123 Å². The molecule has 0 spiro atoms. The fourth-order valence-corrected chi connectivity index (χ4v) is 5.76. The lowest BCUT2D eigenvalue weighted by molar-refractivity contribution is 0.00703. The average Bonchev–Trinajstić information content (AvgIpc) is 3.21. The monoisotopic (exact) mass is 637 g/mol. The van der Waals surface area contributed by atoms with Crippen molar-refractivity contribution < 1.29 is 14.3 Å². The van der Waals surface area contributed by atoms with E-state index in [0.29, 0.717) is 17.7 Å². The van der Waals surface area contributed by atoms with Crippen molar-refractivity contribution in [1.29, 1.82) is 0 Å². The zero-order valence-corrected chi connectivity index (χ0v) is 27.0. The topological polar surface area (TPSA) is 73.2 Å². The second kappa shape index (κ2) is 12.2. The molecule has 3 aromatic carbocycles. The summed E-state index contributed by atoms with van der Waals surface area (Å²) < 4.78 is 8.64. The number of nitrogens with one attached hydrogen (secondary N) is 1. The number of nitrogens with zero attached hydrogens (tertiary/aromatic N) is 2. The third kappa shape index (κ3) is 6.57. The predicted molar refractivity (Wildman–Crippen MR) is 175 cm³/mol. The van der Waals surface area contributed by atoms with E-state index in [2.05, 4.69) is 62.8 Å². The molecule has 0 aliphatic heterocycles. The highest BCUT2D eigenvalue weighted by Crippen LogP contribution is 2.31. The molecule has 0 aliphatic carbocycles. The van der Waals surface area contributed by atoms with Crippen LogP contribution in [0.2, 0.25) is 0 Å². The molecular weight excluding hydrogens is 602 g/mol. The minimum Gasteiger partial charge on any atom is -0.456 e. The maximum Gasteiger partial charge on any atom is 0.339 e. The summed E-state index contributed by atoms with van der Waals surface area (Å²) in [6, 6.07) is 25.4. The summed E-state index contributed by atoms with van der Waals surface area (Å²) in [7, 11) is 0. The number of rotatable bonds is 7. The molecule has 0 radical (unpaired) electrons. The van der Waals surface area contributed by atoms with Crippen LogP contribution in [0.1, 0.15) is 76.8 Å². The fraction of sp³-hybridized carbons (Fsp3) is 0.250. The number of carbonyl (C=O) groups excluding carboxylic acids is 2. The summed E-state index contributed by atoms with van der Waals surface area (Å²) >= 11 is 3.41. The Labute approximate surface area is 261 Å². The molecule has 5 rings (SSSR count). The molecule has 220 valence electrons. The molecule has 2 aromatic heterocycles.